The summed E-state index contributed by atoms with van der Waals surface area (Å²) in [5.41, 5.74) is 10.4. The van der Waals surface area contributed by atoms with E-state index in [4.69, 9.17) is 16.2 Å². The fourth-order valence-corrected chi connectivity index (χ4v) is 2.27. The van der Waals surface area contributed by atoms with Crippen molar-refractivity contribution in [2.75, 3.05) is 11.5 Å². The molecule has 1 atom stereocenters. The number of rotatable bonds is 6. The van der Waals surface area contributed by atoms with Crippen LogP contribution in [0.25, 0.3) is 0 Å². The Kier molecular flexibility index (Phi) is 6.27. The van der Waals surface area contributed by atoms with Crippen molar-refractivity contribution in [2.24, 2.45) is 0 Å². The molecular formula is C18H20F2N4O3. The number of halogens is 2. The average molecular weight is 378 g/mol. The number of carbonyl (C=O) groups is 2. The molecule has 0 spiro atoms. The molecule has 0 bridgehead atoms. The zero-order valence-corrected chi connectivity index (χ0v) is 14.8. The predicted molar refractivity (Wildman–Crippen MR) is 95.6 cm³/mol. The van der Waals surface area contributed by atoms with E-state index in [0.29, 0.717) is 23.5 Å². The van der Waals surface area contributed by atoms with Gasteiger partial charge in [-0.15, -0.1) is 0 Å². The summed E-state index contributed by atoms with van der Waals surface area (Å²) in [4.78, 5) is 28.6. The van der Waals surface area contributed by atoms with Gasteiger partial charge in [0.05, 0.1) is 17.4 Å². The predicted octanol–water partition coefficient (Wildman–Crippen LogP) is 1.82. The van der Waals surface area contributed by atoms with Crippen LogP contribution in [-0.4, -0.2) is 29.0 Å². The van der Waals surface area contributed by atoms with Gasteiger partial charge in [-0.05, 0) is 31.5 Å². The summed E-state index contributed by atoms with van der Waals surface area (Å²) in [6.07, 6.45) is 1.05. The molecule has 9 heteroatoms. The van der Waals surface area contributed by atoms with Crippen molar-refractivity contribution in [3.05, 3.63) is 53.2 Å². The van der Waals surface area contributed by atoms with Crippen molar-refractivity contribution < 1.29 is 23.1 Å². The maximum atomic E-state index is 14.0. The molecule has 0 fully saturated rings. The molecule has 1 aromatic carbocycles. The quantitative estimate of drug-likeness (QED) is 0.521. The summed E-state index contributed by atoms with van der Waals surface area (Å²) in [5.74, 6) is -3.34. The van der Waals surface area contributed by atoms with E-state index in [2.05, 4.69) is 10.3 Å². The van der Waals surface area contributed by atoms with Crippen LogP contribution in [0.15, 0.2) is 30.5 Å². The van der Waals surface area contributed by atoms with Gasteiger partial charge in [0.2, 0.25) is 0 Å². The van der Waals surface area contributed by atoms with Gasteiger partial charge in [-0.25, -0.2) is 18.6 Å². The Labute approximate surface area is 154 Å². The highest BCUT2D eigenvalue weighted by atomic mass is 19.1. The molecule has 144 valence electrons. The number of nitrogens with two attached hydrogens (primary N) is 2. The summed E-state index contributed by atoms with van der Waals surface area (Å²) in [6.45, 7) is 3.30. The van der Waals surface area contributed by atoms with E-state index in [1.54, 1.807) is 19.9 Å². The van der Waals surface area contributed by atoms with Gasteiger partial charge in [0.25, 0.3) is 5.91 Å². The Hall–Kier alpha value is -3.23. The fourth-order valence-electron chi connectivity index (χ4n) is 2.27. The molecule has 0 aliphatic carbocycles. The minimum atomic E-state index is -1.13. The molecule has 2 rings (SSSR count). The second-order valence-corrected chi connectivity index (χ2v) is 6.16. The van der Waals surface area contributed by atoms with E-state index in [9.17, 15) is 18.4 Å². The van der Waals surface area contributed by atoms with E-state index >= 15 is 0 Å². The number of pyridine rings is 1. The molecule has 0 saturated carbocycles. The smallest absolute Gasteiger partial charge is 0.329 e. The van der Waals surface area contributed by atoms with Crippen LogP contribution >= 0.6 is 0 Å². The van der Waals surface area contributed by atoms with Crippen LogP contribution in [0.2, 0.25) is 0 Å². The number of aromatic nitrogens is 1. The topological polar surface area (TPSA) is 120 Å². The molecular weight excluding hydrogens is 358 g/mol. The van der Waals surface area contributed by atoms with Gasteiger partial charge in [0, 0.05) is 18.7 Å². The highest BCUT2D eigenvalue weighted by molar-refractivity contribution is 5.97. The molecule has 0 radical (unpaired) electrons. The van der Waals surface area contributed by atoms with E-state index in [-0.39, 0.29) is 6.42 Å². The first kappa shape index (κ1) is 20.1. The largest absolute Gasteiger partial charge is 0.461 e. The summed E-state index contributed by atoms with van der Waals surface area (Å²) < 4.78 is 32.7. The second-order valence-electron chi connectivity index (χ2n) is 6.16. The SMILES string of the molecule is CC(C)OC(=O)[C@H](Cc1ccc(N)nc1)NC(=O)c1cc(F)c(N)cc1F. The van der Waals surface area contributed by atoms with Crippen LogP contribution in [0.5, 0.6) is 0 Å². The molecule has 0 aliphatic rings. The third kappa shape index (κ3) is 5.37. The zero-order valence-electron chi connectivity index (χ0n) is 14.8. The van der Waals surface area contributed by atoms with Crippen molar-refractivity contribution in [2.45, 2.75) is 32.4 Å². The minimum absolute atomic E-state index is 0.0314. The van der Waals surface area contributed by atoms with Crippen molar-refractivity contribution in [3.8, 4) is 0 Å². The van der Waals surface area contributed by atoms with E-state index < -0.39 is 46.9 Å². The minimum Gasteiger partial charge on any atom is -0.461 e. The first-order valence-electron chi connectivity index (χ1n) is 8.13. The summed E-state index contributed by atoms with van der Waals surface area (Å²) in [7, 11) is 0. The number of nitrogens with zero attached hydrogens (tertiary/aromatic N) is 1. The van der Waals surface area contributed by atoms with E-state index in [1.807, 2.05) is 0 Å². The second kappa shape index (κ2) is 8.43. The third-order valence-electron chi connectivity index (χ3n) is 3.56. The number of hydrogen-bond acceptors (Lipinski definition) is 6. The lowest BCUT2D eigenvalue weighted by atomic mass is 10.1. The fraction of sp³-hybridized carbons (Fsp3) is 0.278. The Morgan fingerprint density at radius 3 is 2.48 bits per heavy atom. The number of amides is 1. The number of anilines is 2. The monoisotopic (exact) mass is 378 g/mol. The Morgan fingerprint density at radius 2 is 1.89 bits per heavy atom. The van der Waals surface area contributed by atoms with Crippen molar-refractivity contribution >= 4 is 23.4 Å². The lowest BCUT2D eigenvalue weighted by molar-refractivity contribution is -0.149. The highest BCUT2D eigenvalue weighted by Crippen LogP contribution is 2.17. The van der Waals surface area contributed by atoms with Crippen molar-refractivity contribution in [1.82, 2.24) is 10.3 Å². The van der Waals surface area contributed by atoms with Crippen molar-refractivity contribution in [3.63, 3.8) is 0 Å². The molecule has 0 saturated heterocycles. The number of benzene rings is 1. The normalized spacial score (nSPS) is 11.9. The van der Waals surface area contributed by atoms with Crippen molar-refractivity contribution in [1.29, 1.82) is 0 Å². The number of nitrogens with one attached hydrogen (secondary N) is 1. The van der Waals surface area contributed by atoms with Gasteiger partial charge < -0.3 is 21.5 Å². The molecule has 27 heavy (non-hydrogen) atoms. The van der Waals surface area contributed by atoms with Crippen LogP contribution < -0.4 is 16.8 Å². The standard InChI is InChI=1S/C18H20F2N4O3/c1-9(2)27-18(26)15(5-10-3-4-16(22)23-8-10)24-17(25)11-6-13(20)14(21)7-12(11)19/h3-4,6-9,15H,5,21H2,1-2H3,(H2,22,23)(H,24,25)/t15-/m0/s1. The van der Waals surface area contributed by atoms with Crippen LogP contribution in [0.1, 0.15) is 29.8 Å². The molecule has 1 amide bonds. The van der Waals surface area contributed by atoms with Gasteiger partial charge in [-0.1, -0.05) is 6.07 Å². The van der Waals surface area contributed by atoms with E-state index in [1.165, 1.54) is 12.3 Å². The van der Waals surface area contributed by atoms with E-state index in [0.717, 1.165) is 0 Å². The number of esters is 1. The summed E-state index contributed by atoms with van der Waals surface area (Å²) in [5, 5.41) is 2.37. The van der Waals surface area contributed by atoms with Gasteiger partial charge in [0.1, 0.15) is 23.5 Å². The molecule has 0 aliphatic heterocycles. The lowest BCUT2D eigenvalue weighted by Crippen LogP contribution is -2.44. The van der Waals surface area contributed by atoms with Gasteiger partial charge in [-0.2, -0.15) is 0 Å². The molecule has 2 aromatic rings. The summed E-state index contributed by atoms with van der Waals surface area (Å²) in [6, 6.07) is 3.42. The van der Waals surface area contributed by atoms with Gasteiger partial charge >= 0.3 is 5.97 Å². The maximum absolute atomic E-state index is 14.0. The molecule has 5 N–H and O–H groups in total. The molecule has 0 unspecified atom stereocenters. The average Bonchev–Trinajstić information content (AvgIpc) is 2.58. The molecule has 7 nitrogen and oxygen atoms in total. The Morgan fingerprint density at radius 1 is 1.19 bits per heavy atom. The third-order valence-corrected chi connectivity index (χ3v) is 3.56. The summed E-state index contributed by atoms with van der Waals surface area (Å²) >= 11 is 0. The highest BCUT2D eigenvalue weighted by Gasteiger charge is 2.26. The van der Waals surface area contributed by atoms with Crippen LogP contribution in [0.3, 0.4) is 0 Å². The first-order chi connectivity index (χ1) is 12.7. The number of nitrogen functional groups attached to an aromatic ring is 2. The van der Waals surface area contributed by atoms with Crippen LogP contribution in [0, 0.1) is 11.6 Å². The molecule has 1 heterocycles. The zero-order chi connectivity index (χ0) is 20.1. The van der Waals surface area contributed by atoms with Gasteiger partial charge in [-0.3, -0.25) is 4.79 Å². The lowest BCUT2D eigenvalue weighted by Gasteiger charge is -2.19. The maximum Gasteiger partial charge on any atom is 0.329 e. The molecule has 1 aromatic heterocycles. The van der Waals surface area contributed by atoms with Crippen LogP contribution in [-0.2, 0) is 16.0 Å². The first-order valence-corrected chi connectivity index (χ1v) is 8.13. The Balaban J connectivity index is 2.25. The Bertz CT molecular complexity index is 841. The number of carbonyl (C=O) groups excluding carboxylic acids is 2. The number of ether oxygens (including phenoxy) is 1. The van der Waals surface area contributed by atoms with Crippen LogP contribution in [0.4, 0.5) is 20.3 Å². The number of hydrogen-bond donors (Lipinski definition) is 3. The van der Waals surface area contributed by atoms with Gasteiger partial charge in [0.15, 0.2) is 0 Å².